The third-order valence-corrected chi connectivity index (χ3v) is 5.09. The number of nitrogens with one attached hydrogen (secondary N) is 1. The number of rotatable bonds is 7. The van der Waals surface area contributed by atoms with E-state index >= 15 is 0 Å². The van der Waals surface area contributed by atoms with Gasteiger partial charge in [0.15, 0.2) is 0 Å². The van der Waals surface area contributed by atoms with Crippen LogP contribution in [0.2, 0.25) is 0 Å². The van der Waals surface area contributed by atoms with Gasteiger partial charge in [-0.05, 0) is 43.4 Å². The van der Waals surface area contributed by atoms with E-state index in [9.17, 15) is 4.79 Å². The first-order valence-electron chi connectivity index (χ1n) is 8.72. The van der Waals surface area contributed by atoms with Crippen molar-refractivity contribution in [2.24, 2.45) is 0 Å². The van der Waals surface area contributed by atoms with E-state index in [0.29, 0.717) is 6.42 Å². The van der Waals surface area contributed by atoms with Crippen LogP contribution < -0.4 is 10.1 Å². The Balaban J connectivity index is 2.25. The highest BCUT2D eigenvalue weighted by atomic mass is 16.5. The van der Waals surface area contributed by atoms with Gasteiger partial charge >= 0.3 is 0 Å². The maximum atomic E-state index is 13.1. The fraction of sp³-hybridized carbons (Fsp3) is 0.632. The van der Waals surface area contributed by atoms with Crippen molar-refractivity contribution in [3.63, 3.8) is 0 Å². The summed E-state index contributed by atoms with van der Waals surface area (Å²) in [6.45, 7) is 2.15. The van der Waals surface area contributed by atoms with Crippen molar-refractivity contribution in [1.29, 1.82) is 0 Å². The fourth-order valence-electron chi connectivity index (χ4n) is 3.57. The monoisotopic (exact) mass is 319 g/mol. The van der Waals surface area contributed by atoms with Gasteiger partial charge < -0.3 is 15.2 Å². The van der Waals surface area contributed by atoms with Crippen LogP contribution in [0.1, 0.15) is 57.4 Å². The normalized spacial score (nSPS) is 18.2. The van der Waals surface area contributed by atoms with Gasteiger partial charge in [-0.2, -0.15) is 0 Å². The molecule has 0 aromatic heterocycles. The summed E-state index contributed by atoms with van der Waals surface area (Å²) in [5, 5.41) is 12.3. The van der Waals surface area contributed by atoms with Crippen molar-refractivity contribution in [2.75, 3.05) is 13.7 Å². The Bertz CT molecular complexity index is 492. The Hall–Kier alpha value is -1.55. The van der Waals surface area contributed by atoms with Gasteiger partial charge in [-0.1, -0.05) is 38.3 Å². The van der Waals surface area contributed by atoms with Crippen molar-refractivity contribution < 1.29 is 14.6 Å². The number of amides is 1. The van der Waals surface area contributed by atoms with E-state index in [-0.39, 0.29) is 18.6 Å². The number of hydrogen-bond donors (Lipinski definition) is 2. The van der Waals surface area contributed by atoms with Crippen LogP contribution in [0, 0.1) is 0 Å². The summed E-state index contributed by atoms with van der Waals surface area (Å²) in [4.78, 5) is 13.1. The topological polar surface area (TPSA) is 58.6 Å². The van der Waals surface area contributed by atoms with Crippen LogP contribution in [-0.4, -0.2) is 30.8 Å². The van der Waals surface area contributed by atoms with Crippen molar-refractivity contribution in [3.8, 4) is 5.75 Å². The smallest absolute Gasteiger partial charge is 0.230 e. The molecule has 1 aromatic carbocycles. The Kier molecular flexibility index (Phi) is 6.46. The molecule has 0 bridgehead atoms. The predicted octanol–water partition coefficient (Wildman–Crippen LogP) is 3.17. The molecule has 1 atom stereocenters. The molecule has 23 heavy (non-hydrogen) atoms. The van der Waals surface area contributed by atoms with Crippen LogP contribution >= 0.6 is 0 Å². The standard InChI is InChI=1S/C19H29NO3/c1-3-16(11-14-21)20-18(22)19(12-5-4-6-13-19)15-7-9-17(23-2)10-8-15/h7-10,16,21H,3-6,11-14H2,1-2H3,(H,20,22). The number of carbonyl (C=O) groups is 1. The second-order valence-corrected chi connectivity index (χ2v) is 6.46. The van der Waals surface area contributed by atoms with Crippen LogP contribution in [0.5, 0.6) is 5.75 Å². The van der Waals surface area contributed by atoms with Crippen molar-refractivity contribution in [1.82, 2.24) is 5.32 Å². The summed E-state index contributed by atoms with van der Waals surface area (Å²) in [5.41, 5.74) is 0.641. The Morgan fingerprint density at radius 3 is 2.43 bits per heavy atom. The molecule has 1 aliphatic carbocycles. The molecular formula is C19H29NO3. The molecule has 1 aliphatic rings. The zero-order valence-electron chi connectivity index (χ0n) is 14.3. The third-order valence-electron chi connectivity index (χ3n) is 5.09. The number of aliphatic hydroxyl groups is 1. The molecule has 1 unspecified atom stereocenters. The van der Waals surface area contributed by atoms with Gasteiger partial charge in [0.05, 0.1) is 12.5 Å². The molecule has 0 saturated heterocycles. The highest BCUT2D eigenvalue weighted by Gasteiger charge is 2.41. The molecular weight excluding hydrogens is 290 g/mol. The average Bonchev–Trinajstić information content (AvgIpc) is 2.61. The lowest BCUT2D eigenvalue weighted by Gasteiger charge is -2.37. The molecule has 4 heteroatoms. The van der Waals surface area contributed by atoms with E-state index in [0.717, 1.165) is 43.4 Å². The Morgan fingerprint density at radius 1 is 1.26 bits per heavy atom. The van der Waals surface area contributed by atoms with Crippen LogP contribution in [-0.2, 0) is 10.2 Å². The third kappa shape index (κ3) is 4.05. The maximum Gasteiger partial charge on any atom is 0.230 e. The number of hydrogen-bond acceptors (Lipinski definition) is 3. The largest absolute Gasteiger partial charge is 0.497 e. The van der Waals surface area contributed by atoms with Gasteiger partial charge in [-0.25, -0.2) is 0 Å². The fourth-order valence-corrected chi connectivity index (χ4v) is 3.57. The first kappa shape index (κ1) is 17.8. The lowest BCUT2D eigenvalue weighted by Crippen LogP contribution is -2.49. The average molecular weight is 319 g/mol. The summed E-state index contributed by atoms with van der Waals surface area (Å²) in [6.07, 6.45) is 6.58. The van der Waals surface area contributed by atoms with E-state index < -0.39 is 5.41 Å². The lowest BCUT2D eigenvalue weighted by molar-refractivity contribution is -0.129. The summed E-state index contributed by atoms with van der Waals surface area (Å²) >= 11 is 0. The van der Waals surface area contributed by atoms with E-state index in [1.165, 1.54) is 6.42 Å². The molecule has 0 radical (unpaired) electrons. The number of methoxy groups -OCH3 is 1. The Morgan fingerprint density at radius 2 is 1.91 bits per heavy atom. The van der Waals surface area contributed by atoms with Gasteiger partial charge in [0.1, 0.15) is 5.75 Å². The summed E-state index contributed by atoms with van der Waals surface area (Å²) in [6, 6.07) is 7.96. The minimum atomic E-state index is -0.437. The highest BCUT2D eigenvalue weighted by Crippen LogP contribution is 2.40. The zero-order valence-corrected chi connectivity index (χ0v) is 14.3. The summed E-state index contributed by atoms with van der Waals surface area (Å²) < 4.78 is 5.24. The number of ether oxygens (including phenoxy) is 1. The molecule has 2 N–H and O–H groups in total. The van der Waals surface area contributed by atoms with Gasteiger partial charge in [-0.3, -0.25) is 4.79 Å². The van der Waals surface area contributed by atoms with Crippen molar-refractivity contribution in [2.45, 2.75) is 63.3 Å². The summed E-state index contributed by atoms with van der Waals surface area (Å²) in [7, 11) is 1.65. The minimum absolute atomic E-state index is 0.0459. The maximum absolute atomic E-state index is 13.1. The molecule has 2 rings (SSSR count). The predicted molar refractivity (Wildman–Crippen MR) is 91.7 cm³/mol. The molecule has 1 amide bonds. The van der Waals surface area contributed by atoms with Crippen LogP contribution in [0.4, 0.5) is 0 Å². The first-order chi connectivity index (χ1) is 11.2. The minimum Gasteiger partial charge on any atom is -0.497 e. The SMILES string of the molecule is CCC(CCO)NC(=O)C1(c2ccc(OC)cc2)CCCCC1. The number of carbonyl (C=O) groups excluding carboxylic acids is 1. The van der Waals surface area contributed by atoms with Crippen LogP contribution in [0.15, 0.2) is 24.3 Å². The highest BCUT2D eigenvalue weighted by molar-refractivity contribution is 5.88. The number of benzene rings is 1. The number of aliphatic hydroxyl groups excluding tert-OH is 1. The zero-order chi connectivity index (χ0) is 16.7. The molecule has 0 spiro atoms. The van der Waals surface area contributed by atoms with Crippen LogP contribution in [0.3, 0.4) is 0 Å². The molecule has 0 heterocycles. The van der Waals surface area contributed by atoms with E-state index in [4.69, 9.17) is 9.84 Å². The molecule has 128 valence electrons. The van der Waals surface area contributed by atoms with E-state index in [1.807, 2.05) is 31.2 Å². The molecule has 4 nitrogen and oxygen atoms in total. The molecule has 0 aliphatic heterocycles. The van der Waals surface area contributed by atoms with Crippen LogP contribution in [0.25, 0.3) is 0 Å². The molecule has 1 aromatic rings. The van der Waals surface area contributed by atoms with Gasteiger partial charge in [0.2, 0.25) is 5.91 Å². The second-order valence-electron chi connectivity index (χ2n) is 6.46. The quantitative estimate of drug-likeness (QED) is 0.811. The van der Waals surface area contributed by atoms with Gasteiger partial charge in [0, 0.05) is 12.6 Å². The van der Waals surface area contributed by atoms with E-state index in [2.05, 4.69) is 5.32 Å². The van der Waals surface area contributed by atoms with Gasteiger partial charge in [0.25, 0.3) is 0 Å². The molecule has 1 saturated carbocycles. The summed E-state index contributed by atoms with van der Waals surface area (Å²) in [5.74, 6) is 0.925. The van der Waals surface area contributed by atoms with Crippen molar-refractivity contribution >= 4 is 5.91 Å². The first-order valence-corrected chi connectivity index (χ1v) is 8.72. The second kappa shape index (κ2) is 8.34. The van der Waals surface area contributed by atoms with E-state index in [1.54, 1.807) is 7.11 Å². The van der Waals surface area contributed by atoms with Gasteiger partial charge in [-0.15, -0.1) is 0 Å². The lowest BCUT2D eigenvalue weighted by atomic mass is 9.68. The van der Waals surface area contributed by atoms with Crippen molar-refractivity contribution in [3.05, 3.63) is 29.8 Å². The molecule has 1 fully saturated rings. The Labute approximate surface area is 139 Å².